The molecule has 1 unspecified atom stereocenters. The third-order valence-corrected chi connectivity index (χ3v) is 3.55. The first-order chi connectivity index (χ1) is 8.86. The zero-order chi connectivity index (χ0) is 14.0. The minimum absolute atomic E-state index is 0.0168. The predicted octanol–water partition coefficient (Wildman–Crippen LogP) is 0.475. The Morgan fingerprint density at radius 1 is 1.53 bits per heavy atom. The Balaban J connectivity index is 2.14. The molecule has 2 rings (SSSR count). The summed E-state index contributed by atoms with van der Waals surface area (Å²) in [5.74, 6) is 0.0647. The Morgan fingerprint density at radius 2 is 2.26 bits per heavy atom. The van der Waals surface area contributed by atoms with Gasteiger partial charge in [0, 0.05) is 5.02 Å². The molecule has 9 heteroatoms. The first-order valence-electron chi connectivity index (χ1n) is 5.26. The molecule has 104 valence electrons. The molecule has 1 saturated heterocycles. The van der Waals surface area contributed by atoms with Crippen LogP contribution in [0, 0.1) is 0 Å². The molecule has 1 atom stereocenters. The first-order valence-corrected chi connectivity index (χ1v) is 7.18. The number of carbonyl (C=O) groups is 1. The molecule has 0 bridgehead atoms. The van der Waals surface area contributed by atoms with Gasteiger partial charge in [-0.05, 0) is 18.2 Å². The van der Waals surface area contributed by atoms with Gasteiger partial charge in [-0.1, -0.05) is 11.6 Å². The van der Waals surface area contributed by atoms with Gasteiger partial charge in [0.15, 0.2) is 6.10 Å². The first kappa shape index (κ1) is 13.9. The van der Waals surface area contributed by atoms with E-state index in [0.29, 0.717) is 6.54 Å². The second kappa shape index (κ2) is 5.24. The molecule has 0 aromatic heterocycles. The number of rotatable bonds is 4. The molecule has 1 aromatic carbocycles. The van der Waals surface area contributed by atoms with Crippen molar-refractivity contribution in [1.29, 1.82) is 0 Å². The summed E-state index contributed by atoms with van der Waals surface area (Å²) in [4.78, 5) is 10.6. The summed E-state index contributed by atoms with van der Waals surface area (Å²) in [6.07, 6.45) is -1.01. The zero-order valence-electron chi connectivity index (χ0n) is 9.63. The number of cyclic esters (lactones) is 1. The second-order valence-corrected chi connectivity index (χ2v) is 5.82. The van der Waals surface area contributed by atoms with Crippen LogP contribution in [0.5, 0.6) is 5.75 Å². The third-order valence-electron chi connectivity index (χ3n) is 2.38. The summed E-state index contributed by atoms with van der Waals surface area (Å²) >= 11 is 5.71. The van der Waals surface area contributed by atoms with E-state index in [4.69, 9.17) is 26.2 Å². The Hall–Kier alpha value is -1.51. The zero-order valence-corrected chi connectivity index (χ0v) is 11.2. The maximum atomic E-state index is 11.4. The van der Waals surface area contributed by atoms with Gasteiger partial charge in [0.05, 0.1) is 6.54 Å². The van der Waals surface area contributed by atoms with Crippen LogP contribution in [0.2, 0.25) is 5.02 Å². The number of carbonyl (C=O) groups excluding carboxylic acids is 1. The quantitative estimate of drug-likeness (QED) is 0.841. The van der Waals surface area contributed by atoms with Crippen molar-refractivity contribution in [3.63, 3.8) is 0 Å². The third kappa shape index (κ3) is 3.49. The highest BCUT2D eigenvalue weighted by Crippen LogP contribution is 2.26. The monoisotopic (exact) mass is 306 g/mol. The van der Waals surface area contributed by atoms with Gasteiger partial charge >= 0.3 is 6.09 Å². The molecule has 7 nitrogen and oxygen atoms in total. The largest absolute Gasteiger partial charge is 0.488 e. The highest BCUT2D eigenvalue weighted by atomic mass is 35.5. The number of benzene rings is 1. The highest BCUT2D eigenvalue weighted by molar-refractivity contribution is 7.89. The van der Waals surface area contributed by atoms with Crippen LogP contribution in [-0.4, -0.2) is 33.8 Å². The van der Waals surface area contributed by atoms with E-state index in [2.05, 4.69) is 5.32 Å². The molecule has 1 amide bonds. The van der Waals surface area contributed by atoms with Crippen LogP contribution in [0.3, 0.4) is 0 Å². The van der Waals surface area contributed by atoms with Gasteiger partial charge in [0.2, 0.25) is 10.0 Å². The van der Waals surface area contributed by atoms with Crippen molar-refractivity contribution < 1.29 is 22.7 Å². The molecule has 1 fully saturated rings. The molecule has 0 saturated carbocycles. The summed E-state index contributed by atoms with van der Waals surface area (Å²) in [5.41, 5.74) is 0. The Kier molecular flexibility index (Phi) is 3.83. The highest BCUT2D eigenvalue weighted by Gasteiger charge is 2.24. The summed E-state index contributed by atoms with van der Waals surface area (Å²) in [6.45, 7) is 0.319. The van der Waals surface area contributed by atoms with Gasteiger partial charge in [-0.2, -0.15) is 0 Å². The lowest BCUT2D eigenvalue weighted by atomic mass is 10.3. The molecular formula is C10H11ClN2O5S. The van der Waals surface area contributed by atoms with Crippen LogP contribution in [-0.2, 0) is 14.8 Å². The van der Waals surface area contributed by atoms with Crippen LogP contribution < -0.4 is 15.2 Å². The SMILES string of the molecule is NS(=O)(=O)c1cc(Cl)ccc1OCC1CNC(=O)O1. The van der Waals surface area contributed by atoms with Gasteiger partial charge < -0.3 is 14.8 Å². The van der Waals surface area contributed by atoms with Gasteiger partial charge in [0.25, 0.3) is 0 Å². The maximum Gasteiger partial charge on any atom is 0.407 e. The van der Waals surface area contributed by atoms with Crippen molar-refractivity contribution in [2.24, 2.45) is 5.14 Å². The molecule has 0 radical (unpaired) electrons. The second-order valence-electron chi connectivity index (χ2n) is 3.86. The van der Waals surface area contributed by atoms with E-state index in [1.165, 1.54) is 18.2 Å². The van der Waals surface area contributed by atoms with Gasteiger partial charge in [-0.25, -0.2) is 18.4 Å². The molecule has 1 aromatic rings. The topological polar surface area (TPSA) is 108 Å². The van der Waals surface area contributed by atoms with Crippen LogP contribution in [0.25, 0.3) is 0 Å². The Bertz CT molecular complexity index is 604. The number of sulfonamides is 1. The van der Waals surface area contributed by atoms with Crippen molar-refractivity contribution in [1.82, 2.24) is 5.32 Å². The molecule has 0 aliphatic carbocycles. The number of amides is 1. The fraction of sp³-hybridized carbons (Fsp3) is 0.300. The summed E-state index contributed by atoms with van der Waals surface area (Å²) in [6, 6.07) is 4.07. The van der Waals surface area contributed by atoms with E-state index in [1.54, 1.807) is 0 Å². The number of primary sulfonamides is 1. The minimum Gasteiger partial charge on any atom is -0.488 e. The average Bonchev–Trinajstić information content (AvgIpc) is 2.72. The number of alkyl carbamates (subject to hydrolysis) is 1. The number of halogens is 1. The minimum atomic E-state index is -3.95. The summed E-state index contributed by atoms with van der Waals surface area (Å²) in [7, 11) is -3.95. The molecule has 1 aliphatic heterocycles. The number of ether oxygens (including phenoxy) is 2. The lowest BCUT2D eigenvalue weighted by Gasteiger charge is -2.13. The van der Waals surface area contributed by atoms with Crippen molar-refractivity contribution in [2.75, 3.05) is 13.2 Å². The van der Waals surface area contributed by atoms with Crippen LogP contribution in [0.15, 0.2) is 23.1 Å². The fourth-order valence-corrected chi connectivity index (χ4v) is 2.47. The number of nitrogens with two attached hydrogens (primary N) is 1. The number of nitrogens with one attached hydrogen (secondary N) is 1. The van der Waals surface area contributed by atoms with E-state index >= 15 is 0 Å². The normalized spacial score (nSPS) is 18.8. The molecule has 3 N–H and O–H groups in total. The van der Waals surface area contributed by atoms with Crippen molar-refractivity contribution in [3.05, 3.63) is 23.2 Å². The average molecular weight is 307 g/mol. The van der Waals surface area contributed by atoms with Gasteiger partial charge in [-0.3, -0.25) is 0 Å². The fourth-order valence-electron chi connectivity index (χ4n) is 1.53. The molecule has 0 spiro atoms. The Morgan fingerprint density at radius 3 is 2.84 bits per heavy atom. The van der Waals surface area contributed by atoms with E-state index < -0.39 is 22.2 Å². The van der Waals surface area contributed by atoms with Gasteiger partial charge in [0.1, 0.15) is 17.3 Å². The summed E-state index contributed by atoms with van der Waals surface area (Å²) in [5, 5.41) is 7.75. The molecular weight excluding hydrogens is 296 g/mol. The maximum absolute atomic E-state index is 11.4. The van der Waals surface area contributed by atoms with Crippen LogP contribution in [0.1, 0.15) is 0 Å². The van der Waals surface area contributed by atoms with Gasteiger partial charge in [-0.15, -0.1) is 0 Å². The predicted molar refractivity (Wildman–Crippen MR) is 66.6 cm³/mol. The van der Waals surface area contributed by atoms with Crippen LogP contribution >= 0.6 is 11.6 Å². The van der Waals surface area contributed by atoms with E-state index in [9.17, 15) is 13.2 Å². The number of hydrogen-bond acceptors (Lipinski definition) is 5. The van der Waals surface area contributed by atoms with Crippen molar-refractivity contribution in [3.8, 4) is 5.75 Å². The Labute approximate surface area is 114 Å². The van der Waals surface area contributed by atoms with E-state index in [1.807, 2.05) is 0 Å². The molecule has 1 aliphatic rings. The van der Waals surface area contributed by atoms with Crippen LogP contribution in [0.4, 0.5) is 4.79 Å². The molecule has 1 heterocycles. The number of hydrogen-bond donors (Lipinski definition) is 2. The lowest BCUT2D eigenvalue weighted by Crippen LogP contribution is -2.23. The van der Waals surface area contributed by atoms with E-state index in [-0.39, 0.29) is 22.3 Å². The van der Waals surface area contributed by atoms with Crippen molar-refractivity contribution >= 4 is 27.7 Å². The smallest absolute Gasteiger partial charge is 0.407 e. The lowest BCUT2D eigenvalue weighted by molar-refractivity contribution is 0.103. The standard InChI is InChI=1S/C10H11ClN2O5S/c11-6-1-2-8(9(3-6)19(12,15)16)17-5-7-4-13-10(14)18-7/h1-3,7H,4-5H2,(H,13,14)(H2,12,15,16). The van der Waals surface area contributed by atoms with E-state index in [0.717, 1.165) is 0 Å². The van der Waals surface area contributed by atoms with Crippen molar-refractivity contribution in [2.45, 2.75) is 11.0 Å². The molecule has 19 heavy (non-hydrogen) atoms. The summed E-state index contributed by atoms with van der Waals surface area (Å²) < 4.78 is 33.0.